The van der Waals surface area contributed by atoms with E-state index in [1.807, 2.05) is 42.5 Å². The number of hydrogen-bond donors (Lipinski definition) is 1. The number of halogens is 2. The molecule has 0 saturated carbocycles. The average Bonchev–Trinajstić information content (AvgIpc) is 3.68. The van der Waals surface area contributed by atoms with Crippen LogP contribution < -0.4 is 19.1 Å². The molecule has 6 rings (SSSR count). The minimum absolute atomic E-state index is 0.0115. The van der Waals surface area contributed by atoms with Crippen molar-refractivity contribution in [2.24, 2.45) is 0 Å². The van der Waals surface area contributed by atoms with Crippen LogP contribution in [0.25, 0.3) is 5.76 Å². The number of rotatable bonds is 11. The second-order valence-corrected chi connectivity index (χ2v) is 13.1. The number of methoxy groups -OCH3 is 2. The Hall–Kier alpha value is -4.91. The summed E-state index contributed by atoms with van der Waals surface area (Å²) in [5.41, 5.74) is 2.11. The maximum absolute atomic E-state index is 14.7. The molecule has 0 radical (unpaired) electrons. The Morgan fingerprint density at radius 2 is 1.65 bits per heavy atom. The molecule has 13 heteroatoms. The first-order valence-electron chi connectivity index (χ1n) is 14.5. The van der Waals surface area contributed by atoms with E-state index in [-0.39, 0.29) is 28.6 Å². The molecule has 48 heavy (non-hydrogen) atoms. The first-order chi connectivity index (χ1) is 23.3. The summed E-state index contributed by atoms with van der Waals surface area (Å²) in [5, 5.41) is 20.8. The number of aliphatic hydroxyl groups excluding tert-OH is 1. The fraction of sp³-hybridized carbons (Fsp3) is 0.143. The highest BCUT2D eigenvalue weighted by Gasteiger charge is 2.48. The molecule has 9 nitrogen and oxygen atoms in total. The Morgan fingerprint density at radius 3 is 2.35 bits per heavy atom. The van der Waals surface area contributed by atoms with E-state index in [9.17, 15) is 19.1 Å². The molecule has 1 aromatic heterocycles. The summed E-state index contributed by atoms with van der Waals surface area (Å²) in [7, 11) is 2.79. The molecule has 1 N–H and O–H groups in total. The highest BCUT2D eigenvalue weighted by Crippen LogP contribution is 2.46. The quantitative estimate of drug-likeness (QED) is 0.0484. The molecule has 4 aromatic carbocycles. The van der Waals surface area contributed by atoms with Gasteiger partial charge in [0.25, 0.3) is 5.78 Å². The predicted molar refractivity (Wildman–Crippen MR) is 182 cm³/mol. The molecule has 1 aliphatic heterocycles. The molecule has 0 spiro atoms. The number of benzene rings is 4. The third kappa shape index (κ3) is 6.86. The number of aliphatic hydroxyl groups is 1. The lowest BCUT2D eigenvalue weighted by atomic mass is 9.95. The summed E-state index contributed by atoms with van der Waals surface area (Å²) in [6.45, 7) is 0.277. The largest absolute Gasteiger partial charge is 0.507 e. The number of carbonyl (C=O) groups is 2. The van der Waals surface area contributed by atoms with E-state index in [2.05, 4.69) is 10.2 Å². The molecule has 5 aromatic rings. The van der Waals surface area contributed by atoms with Crippen molar-refractivity contribution in [3.8, 4) is 17.2 Å². The molecule has 2 heterocycles. The highest BCUT2D eigenvalue weighted by molar-refractivity contribution is 8.00. The van der Waals surface area contributed by atoms with Gasteiger partial charge in [-0.2, -0.15) is 0 Å². The zero-order chi connectivity index (χ0) is 33.8. The maximum Gasteiger partial charge on any atom is 0.301 e. The zero-order valence-corrected chi connectivity index (χ0v) is 27.9. The van der Waals surface area contributed by atoms with Crippen molar-refractivity contribution in [3.05, 3.63) is 130 Å². The topological polar surface area (TPSA) is 111 Å². The second kappa shape index (κ2) is 14.5. The van der Waals surface area contributed by atoms with E-state index in [0.717, 1.165) is 28.5 Å². The maximum atomic E-state index is 14.7. The monoisotopic (exact) mass is 703 g/mol. The Labute approximate surface area is 288 Å². The van der Waals surface area contributed by atoms with Crippen molar-refractivity contribution in [1.29, 1.82) is 0 Å². The van der Waals surface area contributed by atoms with Gasteiger partial charge in [-0.3, -0.25) is 14.5 Å². The van der Waals surface area contributed by atoms with Crippen LogP contribution in [0.5, 0.6) is 17.2 Å². The van der Waals surface area contributed by atoms with Crippen LogP contribution in [-0.4, -0.2) is 41.2 Å². The van der Waals surface area contributed by atoms with Gasteiger partial charge in [-0.15, -0.1) is 10.2 Å². The van der Waals surface area contributed by atoms with E-state index in [1.54, 1.807) is 30.3 Å². The third-order valence-electron chi connectivity index (χ3n) is 7.49. The zero-order valence-electron chi connectivity index (χ0n) is 25.6. The summed E-state index contributed by atoms with van der Waals surface area (Å²) in [6.07, 6.45) is 0. The van der Waals surface area contributed by atoms with Gasteiger partial charge >= 0.3 is 5.91 Å². The molecule has 0 aliphatic carbocycles. The van der Waals surface area contributed by atoms with Gasteiger partial charge < -0.3 is 19.3 Å². The molecule has 1 fully saturated rings. The number of hydrogen-bond acceptors (Lipinski definition) is 10. The first-order valence-corrected chi connectivity index (χ1v) is 16.7. The van der Waals surface area contributed by atoms with Crippen molar-refractivity contribution in [1.82, 2.24) is 10.2 Å². The first kappa shape index (κ1) is 33.0. The van der Waals surface area contributed by atoms with Gasteiger partial charge in [-0.1, -0.05) is 83.2 Å². The fourth-order valence-electron chi connectivity index (χ4n) is 5.11. The van der Waals surface area contributed by atoms with Crippen molar-refractivity contribution in [2.75, 3.05) is 19.1 Å². The number of aromatic nitrogens is 2. The van der Waals surface area contributed by atoms with E-state index < -0.39 is 29.3 Å². The molecular weight excluding hydrogens is 677 g/mol. The van der Waals surface area contributed by atoms with Crippen molar-refractivity contribution in [2.45, 2.75) is 22.7 Å². The van der Waals surface area contributed by atoms with Crippen LogP contribution in [0.3, 0.4) is 0 Å². The summed E-state index contributed by atoms with van der Waals surface area (Å²) >= 11 is 8.53. The Bertz CT molecular complexity index is 2010. The standard InChI is InChI=1S/C35H27ClFN3O6S2/c1-44-26-14-11-23(16-25(26)37)31(41)29-30(22-10-15-27(28(17-22)45-2)46-18-20-6-4-3-5-7-20)40(33(43)32(29)42)34-38-39-35(48-34)47-19-21-8-12-24(36)13-9-21/h3-17,30,41H,18-19H2,1-2H3/b31-29-. The number of carbonyl (C=O) groups excluding carboxylic acids is 2. The number of anilines is 1. The van der Waals surface area contributed by atoms with E-state index in [4.69, 9.17) is 25.8 Å². The number of Topliss-reactive ketones (excluding diaryl/α,β-unsaturated/α-hetero) is 1. The molecule has 0 bridgehead atoms. The number of amides is 1. The minimum Gasteiger partial charge on any atom is -0.507 e. The molecule has 1 amide bonds. The number of nitrogens with zero attached hydrogens (tertiary/aromatic N) is 3. The van der Waals surface area contributed by atoms with Crippen molar-refractivity contribution >= 4 is 57.3 Å². The Kier molecular flexibility index (Phi) is 9.95. The SMILES string of the molecule is COc1ccc(/C(O)=C2/C(=O)C(=O)N(c3nnc(SCc4ccc(Cl)cc4)s3)C2c2ccc(OCc3ccccc3)c(OC)c2)cc1F. The Balaban J connectivity index is 1.39. The summed E-state index contributed by atoms with van der Waals surface area (Å²) in [5.74, 6) is -1.92. The molecular formula is C35H27ClFN3O6S2. The van der Waals surface area contributed by atoms with Crippen LogP contribution in [-0.2, 0) is 21.9 Å². The van der Waals surface area contributed by atoms with Crippen LogP contribution in [0.2, 0.25) is 5.02 Å². The van der Waals surface area contributed by atoms with Gasteiger partial charge in [0.05, 0.1) is 25.8 Å². The van der Waals surface area contributed by atoms with Crippen LogP contribution in [0.4, 0.5) is 9.52 Å². The van der Waals surface area contributed by atoms with Crippen LogP contribution in [0, 0.1) is 5.82 Å². The molecule has 244 valence electrons. The molecule has 1 aliphatic rings. The number of ether oxygens (including phenoxy) is 3. The fourth-order valence-corrected chi connectivity index (χ4v) is 7.06. The van der Waals surface area contributed by atoms with Gasteiger partial charge in [0.1, 0.15) is 12.4 Å². The van der Waals surface area contributed by atoms with Crippen molar-refractivity contribution < 1.29 is 33.3 Å². The number of ketones is 1. The lowest BCUT2D eigenvalue weighted by Crippen LogP contribution is -2.29. The van der Waals surface area contributed by atoms with Gasteiger partial charge in [0, 0.05) is 16.3 Å². The average molecular weight is 704 g/mol. The lowest BCUT2D eigenvalue weighted by molar-refractivity contribution is -0.132. The molecule has 1 atom stereocenters. The van der Waals surface area contributed by atoms with Gasteiger partial charge in [0.15, 0.2) is 27.4 Å². The van der Waals surface area contributed by atoms with Gasteiger partial charge in [0.2, 0.25) is 5.13 Å². The number of thioether (sulfide) groups is 1. The Morgan fingerprint density at radius 1 is 0.917 bits per heavy atom. The van der Waals surface area contributed by atoms with Gasteiger partial charge in [-0.05, 0) is 59.2 Å². The predicted octanol–water partition coefficient (Wildman–Crippen LogP) is 7.85. The van der Waals surface area contributed by atoms with Gasteiger partial charge in [-0.25, -0.2) is 4.39 Å². The molecule has 1 saturated heterocycles. The lowest BCUT2D eigenvalue weighted by Gasteiger charge is -2.23. The highest BCUT2D eigenvalue weighted by atomic mass is 35.5. The van der Waals surface area contributed by atoms with E-state index >= 15 is 0 Å². The second-order valence-electron chi connectivity index (χ2n) is 10.5. The van der Waals surface area contributed by atoms with Crippen LogP contribution >= 0.6 is 34.7 Å². The van der Waals surface area contributed by atoms with Crippen molar-refractivity contribution in [3.63, 3.8) is 0 Å². The van der Waals surface area contributed by atoms with E-state index in [0.29, 0.717) is 32.2 Å². The van der Waals surface area contributed by atoms with E-state index in [1.165, 1.54) is 43.0 Å². The van der Waals surface area contributed by atoms with Crippen LogP contribution in [0.15, 0.2) is 101 Å². The smallest absolute Gasteiger partial charge is 0.301 e. The molecule has 1 unspecified atom stereocenters. The summed E-state index contributed by atoms with van der Waals surface area (Å²) < 4.78 is 31.9. The summed E-state index contributed by atoms with van der Waals surface area (Å²) in [4.78, 5) is 28.6. The van der Waals surface area contributed by atoms with Crippen LogP contribution in [0.1, 0.15) is 28.3 Å². The normalized spacial score (nSPS) is 15.5. The third-order valence-corrected chi connectivity index (χ3v) is 9.87. The minimum atomic E-state index is -1.16. The summed E-state index contributed by atoms with van der Waals surface area (Å²) in [6, 6.07) is 24.6.